The lowest BCUT2D eigenvalue weighted by Crippen LogP contribution is -2.09. The van der Waals surface area contributed by atoms with Crippen molar-refractivity contribution in [1.82, 2.24) is 0 Å². The Morgan fingerprint density at radius 1 is 0.266 bits per heavy atom. The molecule has 8 aromatic carbocycles. The molecule has 0 fully saturated rings. The molecule has 64 heavy (non-hydrogen) atoms. The number of fused-ring (bicyclic) bond motifs is 8. The summed E-state index contributed by atoms with van der Waals surface area (Å²) in [5.41, 5.74) is 13.0. The number of benzene rings is 8. The van der Waals surface area contributed by atoms with Crippen molar-refractivity contribution in [1.29, 1.82) is 0 Å². The van der Waals surface area contributed by atoms with Gasteiger partial charge in [-0.3, -0.25) is 0 Å². The number of halogens is 4. The lowest BCUT2D eigenvalue weighted by molar-refractivity contribution is 0.293. The molecule has 320 valence electrons. The number of hydrogen-bond acceptors (Lipinski definition) is 4. The van der Waals surface area contributed by atoms with Crippen LogP contribution in [0.5, 0.6) is 23.0 Å². The van der Waals surface area contributed by atoms with Crippen LogP contribution in [0.15, 0.2) is 188 Å². The summed E-state index contributed by atoms with van der Waals surface area (Å²) >= 11 is 14.7. The molecule has 8 bridgehead atoms. The maximum Gasteiger partial charge on any atom is 0.126 e. The van der Waals surface area contributed by atoms with Crippen LogP contribution in [0.4, 0.5) is 0 Å². The van der Waals surface area contributed by atoms with Gasteiger partial charge < -0.3 is 18.9 Å². The summed E-state index contributed by atoms with van der Waals surface area (Å²) in [5, 5.41) is 0. The maximum atomic E-state index is 6.95. The first-order chi connectivity index (χ1) is 31.3. The normalized spacial score (nSPS) is 12.1. The van der Waals surface area contributed by atoms with Crippen molar-refractivity contribution in [2.24, 2.45) is 0 Å². The zero-order chi connectivity index (χ0) is 43.8. The molecular weight excluding hydrogens is 1060 g/mol. The third-order valence-corrected chi connectivity index (χ3v) is 13.3. The quantitative estimate of drug-likeness (QED) is 0.122. The van der Waals surface area contributed by atoms with Crippen LogP contribution in [0.25, 0.3) is 0 Å². The molecule has 8 aromatic rings. The van der Waals surface area contributed by atoms with Gasteiger partial charge in [0, 0.05) is 43.6 Å². The van der Waals surface area contributed by atoms with Crippen LogP contribution in [-0.2, 0) is 52.1 Å². The summed E-state index contributed by atoms with van der Waals surface area (Å²) in [4.78, 5) is 0. The molecule has 1 aliphatic carbocycles. The molecule has 0 unspecified atom stereocenters. The van der Waals surface area contributed by atoms with Gasteiger partial charge >= 0.3 is 0 Å². The van der Waals surface area contributed by atoms with Crippen LogP contribution in [0, 0.1) is 0 Å². The first-order valence-electron chi connectivity index (χ1n) is 21.2. The third kappa shape index (κ3) is 11.0. The minimum Gasteiger partial charge on any atom is -0.488 e. The van der Waals surface area contributed by atoms with Crippen LogP contribution in [0.2, 0.25) is 0 Å². The first kappa shape index (κ1) is 44.1. The second kappa shape index (κ2) is 20.8. The van der Waals surface area contributed by atoms with E-state index in [-0.39, 0.29) is 0 Å². The fourth-order valence-electron chi connectivity index (χ4n) is 8.36. The van der Waals surface area contributed by atoms with Gasteiger partial charge in [0.2, 0.25) is 0 Å². The predicted octanol–water partition coefficient (Wildman–Crippen LogP) is 15.7. The zero-order valence-corrected chi connectivity index (χ0v) is 41.3. The largest absolute Gasteiger partial charge is 0.488 e. The molecule has 1 aliphatic rings. The number of hydrogen-bond donors (Lipinski definition) is 0. The van der Waals surface area contributed by atoms with Crippen molar-refractivity contribution in [3.63, 3.8) is 0 Å². The predicted molar refractivity (Wildman–Crippen MR) is 271 cm³/mol. The molecule has 0 aromatic heterocycles. The summed E-state index contributed by atoms with van der Waals surface area (Å²) in [6.07, 6.45) is 2.40. The summed E-state index contributed by atoms with van der Waals surface area (Å²) in [5.74, 6) is 3.48. The SMILES string of the molecule is Brc1cccc(COc2c3cccc2Cc2cccc(c2OCc2cccc(Br)c2)Cc2cccc(c2OCc2cccc(Br)c2)Cc2cccc(c2OCc2cccc(Br)c2)C3)c1. The van der Waals surface area contributed by atoms with Gasteiger partial charge in [-0.1, -0.05) is 185 Å². The lowest BCUT2D eigenvalue weighted by atomic mass is 9.91. The first-order valence-corrected chi connectivity index (χ1v) is 24.4. The van der Waals surface area contributed by atoms with Gasteiger partial charge in [0.15, 0.2) is 0 Å². The number of rotatable bonds is 12. The van der Waals surface area contributed by atoms with E-state index in [9.17, 15) is 0 Å². The van der Waals surface area contributed by atoms with Gasteiger partial charge in [-0.15, -0.1) is 0 Å². The topological polar surface area (TPSA) is 36.9 Å². The standard InChI is InChI=1S/C56H44Br4O4/c57-49-21-1-9-37(25-49)33-61-53-41-13-5-14-42(53)30-44-16-7-18-46(55(44)63-35-39-11-3-23-51(59)27-39)32-48-20-8-19-47(56(48)64-36-40-12-4-24-52(60)28-40)31-45-17-6-15-43(29-41)54(45)62-34-38-10-2-22-50(58)26-38/h1-28H,29-36H2. The molecular formula is C56H44Br4O4. The van der Waals surface area contributed by atoms with E-state index < -0.39 is 0 Å². The Hall–Kier alpha value is -5.12. The molecule has 0 atom stereocenters. The van der Waals surface area contributed by atoms with Gasteiger partial charge in [0.1, 0.15) is 49.4 Å². The van der Waals surface area contributed by atoms with E-state index in [1.54, 1.807) is 0 Å². The van der Waals surface area contributed by atoms with Gasteiger partial charge in [-0.05, 0) is 115 Å². The molecule has 0 saturated carbocycles. The van der Waals surface area contributed by atoms with Crippen LogP contribution >= 0.6 is 63.7 Å². The molecule has 4 nitrogen and oxygen atoms in total. The Balaban J connectivity index is 1.20. The monoisotopic (exact) mass is 1100 g/mol. The van der Waals surface area contributed by atoms with E-state index >= 15 is 0 Å². The molecule has 0 saturated heterocycles. The Labute approximate surface area is 409 Å². The van der Waals surface area contributed by atoms with Gasteiger partial charge in [-0.25, -0.2) is 0 Å². The van der Waals surface area contributed by atoms with Crippen molar-refractivity contribution < 1.29 is 18.9 Å². The minimum absolute atomic E-state index is 0.416. The number of ether oxygens (including phenoxy) is 4. The summed E-state index contributed by atoms with van der Waals surface area (Å²) in [6, 6.07) is 59.3. The Kier molecular flexibility index (Phi) is 14.3. The van der Waals surface area contributed by atoms with E-state index in [0.717, 1.165) is 108 Å². The second-order valence-corrected chi connectivity index (χ2v) is 19.7. The molecule has 0 amide bonds. The van der Waals surface area contributed by atoms with Crippen molar-refractivity contribution in [2.45, 2.75) is 52.1 Å². The highest BCUT2D eigenvalue weighted by atomic mass is 79.9. The zero-order valence-electron chi connectivity index (χ0n) is 35.0. The summed E-state index contributed by atoms with van der Waals surface area (Å²) in [7, 11) is 0. The highest BCUT2D eigenvalue weighted by molar-refractivity contribution is 9.11. The summed E-state index contributed by atoms with van der Waals surface area (Å²) < 4.78 is 31.9. The van der Waals surface area contributed by atoms with Crippen molar-refractivity contribution in [3.05, 3.63) is 255 Å². The molecule has 0 aliphatic heterocycles. The molecule has 9 rings (SSSR count). The molecule has 0 N–H and O–H groups in total. The Morgan fingerprint density at radius 2 is 0.453 bits per heavy atom. The highest BCUT2D eigenvalue weighted by Crippen LogP contribution is 2.40. The van der Waals surface area contributed by atoms with E-state index in [0.29, 0.717) is 52.1 Å². The smallest absolute Gasteiger partial charge is 0.126 e. The van der Waals surface area contributed by atoms with Gasteiger partial charge in [-0.2, -0.15) is 0 Å². The fourth-order valence-corrected chi connectivity index (χ4v) is 10.1. The Bertz CT molecular complexity index is 2450. The average molecular weight is 1100 g/mol. The van der Waals surface area contributed by atoms with E-state index in [1.165, 1.54) is 0 Å². The summed E-state index contributed by atoms with van der Waals surface area (Å²) in [6.45, 7) is 1.66. The maximum absolute atomic E-state index is 6.95. The van der Waals surface area contributed by atoms with E-state index in [4.69, 9.17) is 18.9 Å². The van der Waals surface area contributed by atoms with Crippen molar-refractivity contribution in [3.8, 4) is 23.0 Å². The molecule has 0 heterocycles. The van der Waals surface area contributed by atoms with Gasteiger partial charge in [0.05, 0.1) is 0 Å². The third-order valence-electron chi connectivity index (χ3n) is 11.3. The van der Waals surface area contributed by atoms with Crippen LogP contribution in [0.1, 0.15) is 66.8 Å². The molecule has 0 radical (unpaired) electrons. The van der Waals surface area contributed by atoms with Crippen LogP contribution in [-0.4, -0.2) is 0 Å². The minimum atomic E-state index is 0.416. The average Bonchev–Trinajstić information content (AvgIpc) is 3.28. The van der Waals surface area contributed by atoms with E-state index in [1.807, 2.05) is 48.5 Å². The second-order valence-electron chi connectivity index (χ2n) is 16.0. The molecule has 0 spiro atoms. The Morgan fingerprint density at radius 3 is 0.641 bits per heavy atom. The van der Waals surface area contributed by atoms with Gasteiger partial charge in [0.25, 0.3) is 0 Å². The van der Waals surface area contributed by atoms with Crippen LogP contribution < -0.4 is 18.9 Å². The van der Waals surface area contributed by atoms with Crippen LogP contribution in [0.3, 0.4) is 0 Å². The van der Waals surface area contributed by atoms with E-state index in [2.05, 4.69) is 185 Å². The van der Waals surface area contributed by atoms with Crippen molar-refractivity contribution in [2.75, 3.05) is 0 Å². The molecule has 8 heteroatoms. The lowest BCUT2D eigenvalue weighted by Gasteiger charge is -2.23. The van der Waals surface area contributed by atoms with Crippen molar-refractivity contribution >= 4 is 63.7 Å². The highest BCUT2D eigenvalue weighted by Gasteiger charge is 2.22. The number of para-hydroxylation sites is 4. The fraction of sp³-hybridized carbons (Fsp3) is 0.143.